The van der Waals surface area contributed by atoms with Gasteiger partial charge in [0.05, 0.1) is 16.8 Å². The number of rotatable bonds is 6. The van der Waals surface area contributed by atoms with Crippen molar-refractivity contribution < 1.29 is 18.7 Å². The third kappa shape index (κ3) is 4.73. The second-order valence-corrected chi connectivity index (χ2v) is 9.59. The second kappa shape index (κ2) is 9.30. The van der Waals surface area contributed by atoms with Gasteiger partial charge >= 0.3 is 0 Å². The van der Waals surface area contributed by atoms with Crippen LogP contribution in [0, 0.1) is 12.7 Å². The summed E-state index contributed by atoms with van der Waals surface area (Å²) in [6.45, 7) is 2.32. The minimum absolute atomic E-state index is 0.0458. The van der Waals surface area contributed by atoms with E-state index in [4.69, 9.17) is 16.3 Å². The summed E-state index contributed by atoms with van der Waals surface area (Å²) in [4.78, 5) is 25.7. The molecule has 0 bridgehead atoms. The minimum Gasteiger partial charge on any atom is -0.480 e. The van der Waals surface area contributed by atoms with Crippen LogP contribution in [0.5, 0.6) is 5.75 Å². The van der Waals surface area contributed by atoms with Gasteiger partial charge in [-0.2, -0.15) is 0 Å². The maximum absolute atomic E-state index is 14.3. The molecule has 1 fully saturated rings. The fourth-order valence-corrected chi connectivity index (χ4v) is 4.65. The first-order valence-electron chi connectivity index (χ1n) is 11.6. The molecule has 1 aromatic heterocycles. The van der Waals surface area contributed by atoms with Gasteiger partial charge in [-0.3, -0.25) is 9.59 Å². The van der Waals surface area contributed by atoms with Crippen LogP contribution < -0.4 is 15.4 Å². The van der Waals surface area contributed by atoms with Crippen LogP contribution in [0.15, 0.2) is 42.6 Å². The lowest BCUT2D eigenvalue weighted by Crippen LogP contribution is -2.60. The predicted molar refractivity (Wildman–Crippen MR) is 127 cm³/mol. The topological polar surface area (TPSA) is 98.1 Å². The number of ether oxygens (including phenoxy) is 1. The number of fused-ring (bicyclic) bond motifs is 1. The molecular formula is C25H25ClFN5O3. The Morgan fingerprint density at radius 1 is 1.29 bits per heavy atom. The molecular weight excluding hydrogens is 473 g/mol. The summed E-state index contributed by atoms with van der Waals surface area (Å²) in [5, 5.41) is 13.6. The molecule has 0 spiro atoms. The van der Waals surface area contributed by atoms with Crippen molar-refractivity contribution in [1.29, 1.82) is 0 Å². The number of amides is 2. The highest BCUT2D eigenvalue weighted by Gasteiger charge is 2.40. The van der Waals surface area contributed by atoms with Crippen molar-refractivity contribution >= 4 is 23.4 Å². The highest BCUT2D eigenvalue weighted by Crippen LogP contribution is 2.32. The summed E-state index contributed by atoms with van der Waals surface area (Å²) in [5.74, 6) is -0.537. The number of hydrogen-bond donors (Lipinski definition) is 2. The molecule has 1 unspecified atom stereocenters. The Morgan fingerprint density at radius 2 is 2.11 bits per heavy atom. The third-order valence-corrected chi connectivity index (χ3v) is 6.94. The van der Waals surface area contributed by atoms with Crippen LogP contribution in [0.3, 0.4) is 0 Å². The fraction of sp³-hybridized carbons (Fsp3) is 0.360. The van der Waals surface area contributed by atoms with Gasteiger partial charge in [0.25, 0.3) is 11.8 Å². The van der Waals surface area contributed by atoms with E-state index in [-0.39, 0.29) is 28.9 Å². The van der Waals surface area contributed by atoms with Gasteiger partial charge in [-0.05, 0) is 62.8 Å². The number of nitrogens with zero attached hydrogens (tertiary/aromatic N) is 3. The maximum atomic E-state index is 14.3. The molecule has 1 atom stereocenters. The molecule has 2 heterocycles. The number of aryl methyl sites for hydroxylation is 2. The summed E-state index contributed by atoms with van der Waals surface area (Å²) >= 11 is 5.83. The molecule has 35 heavy (non-hydrogen) atoms. The van der Waals surface area contributed by atoms with Gasteiger partial charge in [0.15, 0.2) is 17.6 Å². The predicted octanol–water partition coefficient (Wildman–Crippen LogP) is 3.53. The zero-order valence-electron chi connectivity index (χ0n) is 19.2. The van der Waals surface area contributed by atoms with Gasteiger partial charge in [0.2, 0.25) is 0 Å². The summed E-state index contributed by atoms with van der Waals surface area (Å²) in [7, 11) is 0. The van der Waals surface area contributed by atoms with Crippen molar-refractivity contribution in [2.45, 2.75) is 50.7 Å². The van der Waals surface area contributed by atoms with Gasteiger partial charge in [0, 0.05) is 6.54 Å². The average Bonchev–Trinajstić information content (AvgIpc) is 3.32. The number of aromatic nitrogens is 3. The lowest BCUT2D eigenvalue weighted by Gasteiger charge is -2.42. The Balaban J connectivity index is 1.20. The van der Waals surface area contributed by atoms with Gasteiger partial charge in [-0.1, -0.05) is 40.6 Å². The molecule has 2 amide bonds. The van der Waals surface area contributed by atoms with E-state index in [9.17, 15) is 14.0 Å². The first kappa shape index (κ1) is 23.3. The molecule has 1 saturated carbocycles. The molecule has 5 rings (SSSR count). The van der Waals surface area contributed by atoms with Crippen molar-refractivity contribution in [3.8, 4) is 11.4 Å². The summed E-state index contributed by atoms with van der Waals surface area (Å²) in [6.07, 6.45) is 4.55. The van der Waals surface area contributed by atoms with E-state index in [1.165, 1.54) is 23.0 Å². The average molecular weight is 498 g/mol. The Kier molecular flexibility index (Phi) is 6.19. The van der Waals surface area contributed by atoms with E-state index < -0.39 is 23.4 Å². The zero-order chi connectivity index (χ0) is 24.6. The molecule has 8 nitrogen and oxygen atoms in total. The molecule has 182 valence electrons. The maximum Gasteiger partial charge on any atom is 0.273 e. The van der Waals surface area contributed by atoms with Crippen molar-refractivity contribution in [3.63, 3.8) is 0 Å². The Labute approximate surface area is 206 Å². The van der Waals surface area contributed by atoms with Crippen LogP contribution in [0.25, 0.3) is 5.69 Å². The van der Waals surface area contributed by atoms with Crippen LogP contribution in [-0.4, -0.2) is 45.0 Å². The molecule has 2 aliphatic rings. The summed E-state index contributed by atoms with van der Waals surface area (Å²) in [6, 6.07) is 10.5. The highest BCUT2D eigenvalue weighted by atomic mass is 35.5. The van der Waals surface area contributed by atoms with E-state index in [1.54, 1.807) is 6.07 Å². The number of hydrogen-bond acceptors (Lipinski definition) is 5. The number of carbonyl (C=O) groups is 2. The Morgan fingerprint density at radius 3 is 2.89 bits per heavy atom. The monoisotopic (exact) mass is 497 g/mol. The number of nitrogens with one attached hydrogen (secondary N) is 2. The normalized spacial score (nSPS) is 18.1. The Hall–Kier alpha value is -3.46. The molecule has 1 aliphatic heterocycles. The first-order valence-corrected chi connectivity index (χ1v) is 11.9. The van der Waals surface area contributed by atoms with Crippen LogP contribution in [0.2, 0.25) is 5.02 Å². The molecule has 2 aromatic carbocycles. The molecule has 2 N–H and O–H groups in total. The van der Waals surface area contributed by atoms with Crippen LogP contribution in [0.4, 0.5) is 4.39 Å². The SMILES string of the molecule is Cc1ccc2c(c1)CCC(C(=O)NCC1(NC(=O)c3cn(-c4cccc(Cl)c4F)nn3)CCC1)O2. The van der Waals surface area contributed by atoms with Crippen molar-refractivity contribution in [3.05, 3.63) is 70.3 Å². The van der Waals surface area contributed by atoms with E-state index in [2.05, 4.69) is 27.0 Å². The van der Waals surface area contributed by atoms with Gasteiger partial charge in [-0.15, -0.1) is 5.10 Å². The third-order valence-electron chi connectivity index (χ3n) is 6.65. The standard InChI is InChI=1S/C25H25ClFN5O3/c1-15-6-8-20-16(12-15)7-9-21(35-20)24(34)28-14-25(10-3-11-25)29-23(33)18-13-32(31-30-18)19-5-2-4-17(26)22(19)27/h2,4-6,8,12-13,21H,3,7,9-11,14H2,1H3,(H,28,34)(H,29,33). The first-order chi connectivity index (χ1) is 16.8. The number of benzene rings is 2. The van der Waals surface area contributed by atoms with E-state index in [0.717, 1.165) is 42.6 Å². The highest BCUT2D eigenvalue weighted by molar-refractivity contribution is 6.30. The van der Waals surface area contributed by atoms with E-state index in [1.807, 2.05) is 19.1 Å². The molecule has 3 aromatic rings. The van der Waals surface area contributed by atoms with Crippen LogP contribution in [0.1, 0.15) is 47.3 Å². The fourth-order valence-electron chi connectivity index (χ4n) is 4.48. The van der Waals surface area contributed by atoms with Crippen LogP contribution in [-0.2, 0) is 11.2 Å². The Bertz CT molecular complexity index is 1290. The van der Waals surface area contributed by atoms with Gasteiger partial charge < -0.3 is 15.4 Å². The molecule has 0 radical (unpaired) electrons. The zero-order valence-corrected chi connectivity index (χ0v) is 19.9. The quantitative estimate of drug-likeness (QED) is 0.543. The smallest absolute Gasteiger partial charge is 0.273 e. The largest absolute Gasteiger partial charge is 0.480 e. The molecule has 1 aliphatic carbocycles. The lowest BCUT2D eigenvalue weighted by atomic mass is 9.76. The van der Waals surface area contributed by atoms with Crippen molar-refractivity contribution in [1.82, 2.24) is 25.6 Å². The molecule has 10 heteroatoms. The lowest BCUT2D eigenvalue weighted by molar-refractivity contribution is -0.129. The number of halogens is 2. The summed E-state index contributed by atoms with van der Waals surface area (Å²) in [5.41, 5.74) is 1.85. The van der Waals surface area contributed by atoms with E-state index in [0.29, 0.717) is 6.42 Å². The second-order valence-electron chi connectivity index (χ2n) is 9.18. The van der Waals surface area contributed by atoms with Gasteiger partial charge in [-0.25, -0.2) is 9.07 Å². The van der Waals surface area contributed by atoms with Crippen LogP contribution >= 0.6 is 11.6 Å². The van der Waals surface area contributed by atoms with E-state index >= 15 is 0 Å². The molecule has 0 saturated heterocycles. The van der Waals surface area contributed by atoms with Crippen molar-refractivity contribution in [2.24, 2.45) is 0 Å². The summed E-state index contributed by atoms with van der Waals surface area (Å²) < 4.78 is 21.4. The van der Waals surface area contributed by atoms with Gasteiger partial charge in [0.1, 0.15) is 11.4 Å². The van der Waals surface area contributed by atoms with Crippen molar-refractivity contribution in [2.75, 3.05) is 6.54 Å². The minimum atomic E-state index is -0.646. The number of carbonyl (C=O) groups excluding carboxylic acids is 2.